The predicted molar refractivity (Wildman–Crippen MR) is 122 cm³/mol. The number of hydrogen-bond donors (Lipinski definition) is 3. The molecule has 0 saturated heterocycles. The molecule has 3 N–H and O–H groups in total. The van der Waals surface area contributed by atoms with Crippen LogP contribution in [0.4, 0.5) is 11.5 Å². The Bertz CT molecular complexity index is 814. The van der Waals surface area contributed by atoms with Crippen LogP contribution in [0.2, 0.25) is 0 Å². The van der Waals surface area contributed by atoms with Crippen LogP contribution in [-0.4, -0.2) is 44.7 Å². The molecule has 2 aromatic rings. The molecule has 0 saturated carbocycles. The summed E-state index contributed by atoms with van der Waals surface area (Å²) in [6.07, 6.45) is 0.280. The minimum Gasteiger partial charge on any atom is -0.493 e. The van der Waals surface area contributed by atoms with Crippen molar-refractivity contribution in [3.63, 3.8) is 0 Å². The van der Waals surface area contributed by atoms with E-state index >= 15 is 0 Å². The van der Waals surface area contributed by atoms with Crippen LogP contribution in [0.1, 0.15) is 12.1 Å². The average Bonchev–Trinajstić information content (AvgIpc) is 2.67. The molecule has 0 spiro atoms. The Morgan fingerprint density at radius 1 is 1.11 bits per heavy atom. The van der Waals surface area contributed by atoms with Gasteiger partial charge < -0.3 is 25.4 Å². The van der Waals surface area contributed by atoms with E-state index in [2.05, 4.69) is 25.9 Å². The van der Waals surface area contributed by atoms with Gasteiger partial charge in [-0.15, -0.1) is 24.0 Å². The van der Waals surface area contributed by atoms with Gasteiger partial charge in [0.2, 0.25) is 5.91 Å². The Morgan fingerprint density at radius 3 is 2.50 bits per heavy atom. The molecule has 0 unspecified atom stereocenters. The fourth-order valence-electron chi connectivity index (χ4n) is 2.34. The predicted octanol–water partition coefficient (Wildman–Crippen LogP) is 3.04. The normalized spacial score (nSPS) is 10.5. The molecule has 8 nitrogen and oxygen atoms in total. The Labute approximate surface area is 182 Å². The van der Waals surface area contributed by atoms with Gasteiger partial charge in [0.15, 0.2) is 17.5 Å². The number of pyridine rings is 1. The summed E-state index contributed by atoms with van der Waals surface area (Å²) >= 11 is 0. The van der Waals surface area contributed by atoms with Crippen LogP contribution in [0.3, 0.4) is 0 Å². The zero-order valence-electron chi connectivity index (χ0n) is 16.4. The van der Waals surface area contributed by atoms with Crippen LogP contribution >= 0.6 is 24.0 Å². The highest BCUT2D eigenvalue weighted by Crippen LogP contribution is 2.29. The second-order valence-electron chi connectivity index (χ2n) is 5.66. The largest absolute Gasteiger partial charge is 0.493 e. The summed E-state index contributed by atoms with van der Waals surface area (Å²) in [5.74, 6) is 2.23. The minimum atomic E-state index is -0.123. The van der Waals surface area contributed by atoms with Crippen LogP contribution in [0.5, 0.6) is 11.5 Å². The smallest absolute Gasteiger partial charge is 0.227 e. The summed E-state index contributed by atoms with van der Waals surface area (Å²) in [4.78, 5) is 20.4. The van der Waals surface area contributed by atoms with E-state index in [4.69, 9.17) is 9.47 Å². The molecule has 2 rings (SSSR count). The van der Waals surface area contributed by atoms with Gasteiger partial charge in [-0.3, -0.25) is 9.79 Å². The number of carbonyl (C=O) groups is 1. The molecule has 0 radical (unpaired) electrons. The van der Waals surface area contributed by atoms with E-state index in [0.29, 0.717) is 29.8 Å². The summed E-state index contributed by atoms with van der Waals surface area (Å²) < 4.78 is 10.5. The lowest BCUT2D eigenvalue weighted by atomic mass is 10.2. The van der Waals surface area contributed by atoms with E-state index in [1.165, 1.54) is 0 Å². The number of guanidine groups is 1. The summed E-state index contributed by atoms with van der Waals surface area (Å²) in [5.41, 5.74) is 1.64. The highest BCUT2D eigenvalue weighted by Gasteiger charge is 2.07. The minimum absolute atomic E-state index is 0. The molecule has 0 fully saturated rings. The van der Waals surface area contributed by atoms with Gasteiger partial charge in [-0.05, 0) is 31.2 Å². The molecule has 1 aromatic carbocycles. The SMILES string of the molecule is CN=C(NCCC(=O)Nc1cccc(C)n1)Nc1ccc(OC)c(OC)c1.I. The molecule has 0 atom stereocenters. The van der Waals surface area contributed by atoms with Gasteiger partial charge in [0.05, 0.1) is 14.2 Å². The van der Waals surface area contributed by atoms with E-state index in [-0.39, 0.29) is 36.3 Å². The van der Waals surface area contributed by atoms with Gasteiger partial charge >= 0.3 is 0 Å². The van der Waals surface area contributed by atoms with E-state index < -0.39 is 0 Å². The van der Waals surface area contributed by atoms with Crippen molar-refractivity contribution in [1.29, 1.82) is 0 Å². The van der Waals surface area contributed by atoms with Crippen molar-refractivity contribution in [2.24, 2.45) is 4.99 Å². The summed E-state index contributed by atoms with van der Waals surface area (Å²) in [6.45, 7) is 2.30. The van der Waals surface area contributed by atoms with Gasteiger partial charge in [0, 0.05) is 37.5 Å². The van der Waals surface area contributed by atoms with Crippen molar-refractivity contribution in [2.75, 3.05) is 38.4 Å². The number of ether oxygens (including phenoxy) is 2. The van der Waals surface area contributed by atoms with Crippen molar-refractivity contribution < 1.29 is 14.3 Å². The molecule has 1 heterocycles. The first-order chi connectivity index (χ1) is 13.0. The van der Waals surface area contributed by atoms with E-state index in [9.17, 15) is 4.79 Å². The second-order valence-corrected chi connectivity index (χ2v) is 5.66. The first kappa shape index (κ1) is 23.5. The van der Waals surface area contributed by atoms with Gasteiger partial charge in [0.1, 0.15) is 5.82 Å². The van der Waals surface area contributed by atoms with Crippen LogP contribution in [-0.2, 0) is 4.79 Å². The zero-order valence-corrected chi connectivity index (χ0v) is 18.7. The number of aromatic nitrogens is 1. The maximum Gasteiger partial charge on any atom is 0.227 e. The third kappa shape index (κ3) is 7.22. The van der Waals surface area contributed by atoms with Crippen molar-refractivity contribution in [1.82, 2.24) is 10.3 Å². The molecule has 1 aromatic heterocycles. The monoisotopic (exact) mass is 499 g/mol. The zero-order chi connectivity index (χ0) is 19.6. The van der Waals surface area contributed by atoms with Crippen molar-refractivity contribution >= 4 is 47.3 Å². The number of rotatable bonds is 7. The number of amides is 1. The maximum atomic E-state index is 12.0. The number of hydrogen-bond acceptors (Lipinski definition) is 5. The Kier molecular flexibility index (Phi) is 10.1. The number of benzene rings is 1. The van der Waals surface area contributed by atoms with Gasteiger partial charge in [-0.1, -0.05) is 6.07 Å². The fourth-order valence-corrected chi connectivity index (χ4v) is 2.34. The molecular formula is C19H26IN5O3. The summed E-state index contributed by atoms with van der Waals surface area (Å²) in [6, 6.07) is 10.9. The maximum absolute atomic E-state index is 12.0. The summed E-state index contributed by atoms with van der Waals surface area (Å²) in [7, 11) is 4.83. The van der Waals surface area contributed by atoms with Crippen LogP contribution in [0, 0.1) is 6.92 Å². The van der Waals surface area contributed by atoms with E-state index in [1.54, 1.807) is 33.4 Å². The highest BCUT2D eigenvalue weighted by molar-refractivity contribution is 14.0. The van der Waals surface area contributed by atoms with Gasteiger partial charge in [0.25, 0.3) is 0 Å². The van der Waals surface area contributed by atoms with Crippen molar-refractivity contribution in [3.05, 3.63) is 42.1 Å². The quantitative estimate of drug-likeness (QED) is 0.308. The number of methoxy groups -OCH3 is 2. The van der Waals surface area contributed by atoms with E-state index in [1.807, 2.05) is 31.2 Å². The molecule has 9 heteroatoms. The number of nitrogens with one attached hydrogen (secondary N) is 3. The van der Waals surface area contributed by atoms with Crippen LogP contribution < -0.4 is 25.4 Å². The number of halogens is 1. The first-order valence-corrected chi connectivity index (χ1v) is 8.49. The highest BCUT2D eigenvalue weighted by atomic mass is 127. The molecule has 0 aliphatic rings. The number of carbonyl (C=O) groups excluding carboxylic acids is 1. The topological polar surface area (TPSA) is 96.9 Å². The Hall–Kier alpha value is -2.56. The average molecular weight is 499 g/mol. The molecule has 0 bridgehead atoms. The third-order valence-corrected chi connectivity index (χ3v) is 3.67. The summed E-state index contributed by atoms with van der Waals surface area (Å²) in [5, 5.41) is 9.01. The molecule has 1 amide bonds. The lowest BCUT2D eigenvalue weighted by molar-refractivity contribution is -0.116. The molecule has 152 valence electrons. The number of nitrogens with zero attached hydrogens (tertiary/aromatic N) is 2. The first-order valence-electron chi connectivity index (χ1n) is 8.49. The molecule has 28 heavy (non-hydrogen) atoms. The lowest BCUT2D eigenvalue weighted by Gasteiger charge is -2.14. The number of aryl methyl sites for hydroxylation is 1. The van der Waals surface area contributed by atoms with E-state index in [0.717, 1.165) is 11.4 Å². The van der Waals surface area contributed by atoms with Crippen molar-refractivity contribution in [2.45, 2.75) is 13.3 Å². The van der Waals surface area contributed by atoms with Crippen LogP contribution in [0.15, 0.2) is 41.4 Å². The third-order valence-electron chi connectivity index (χ3n) is 3.67. The van der Waals surface area contributed by atoms with Gasteiger partial charge in [-0.2, -0.15) is 0 Å². The van der Waals surface area contributed by atoms with Crippen LogP contribution in [0.25, 0.3) is 0 Å². The van der Waals surface area contributed by atoms with Crippen molar-refractivity contribution in [3.8, 4) is 11.5 Å². The molecule has 0 aliphatic carbocycles. The van der Waals surface area contributed by atoms with Gasteiger partial charge in [-0.25, -0.2) is 4.98 Å². The number of anilines is 2. The molecule has 0 aliphatic heterocycles. The fraction of sp³-hybridized carbons (Fsp3) is 0.316. The Morgan fingerprint density at radius 2 is 1.86 bits per heavy atom. The number of aliphatic imine (C=N–C) groups is 1. The lowest BCUT2D eigenvalue weighted by Crippen LogP contribution is -2.33. The second kappa shape index (κ2) is 12.0. The standard InChI is InChI=1S/C19H25N5O3.HI/c1-13-6-5-7-17(22-13)24-18(25)10-11-21-19(20-2)23-14-8-9-15(26-3)16(12-14)27-4;/h5-9,12H,10-11H2,1-4H3,(H2,20,21,23)(H,22,24,25);1H. The molecular weight excluding hydrogens is 473 g/mol. The Balaban J connectivity index is 0.00000392.